The maximum atomic E-state index is 5.27. The number of hydrogen-bond donors (Lipinski definition) is 0. The van der Waals surface area contributed by atoms with Crippen LogP contribution in [0, 0.1) is 20.8 Å². The second-order valence-electron chi connectivity index (χ2n) is 13.5. The molecule has 63 heavy (non-hydrogen) atoms. The van der Waals surface area contributed by atoms with Crippen LogP contribution in [-0.4, -0.2) is 80.7 Å². The molecule has 6 aromatic heterocycles. The summed E-state index contributed by atoms with van der Waals surface area (Å²) in [7, 11) is 4.93. The summed E-state index contributed by atoms with van der Waals surface area (Å²) in [5.74, 6) is 5.46. The Bertz CT molecular complexity index is 2590. The molecule has 0 atom stereocenters. The van der Waals surface area contributed by atoms with E-state index in [0.29, 0.717) is 29.1 Å². The Morgan fingerprint density at radius 1 is 0.540 bits per heavy atom. The van der Waals surface area contributed by atoms with Gasteiger partial charge < -0.3 is 27.6 Å². The van der Waals surface area contributed by atoms with Gasteiger partial charge in [-0.2, -0.15) is 0 Å². The van der Waals surface area contributed by atoms with Gasteiger partial charge in [-0.15, -0.1) is 15.3 Å². The van der Waals surface area contributed by atoms with Crippen molar-refractivity contribution in [1.29, 1.82) is 0 Å². The summed E-state index contributed by atoms with van der Waals surface area (Å²) in [5.41, 5.74) is 6.76. The molecule has 0 aliphatic heterocycles. The molecule has 0 unspecified atom stereocenters. The largest absolute Gasteiger partial charge is 0.497 e. The fourth-order valence-electron chi connectivity index (χ4n) is 5.80. The molecule has 0 saturated carbocycles. The zero-order valence-electron chi connectivity index (χ0n) is 35.2. The fourth-order valence-corrected chi connectivity index (χ4v) is 5.80. The average molecular weight is 847 g/mol. The Morgan fingerprint density at radius 3 is 1.44 bits per heavy atom. The molecule has 6 heterocycles. The maximum absolute atomic E-state index is 5.27. The van der Waals surface area contributed by atoms with Crippen molar-refractivity contribution in [2.24, 2.45) is 0 Å². The number of aromatic nitrogens is 12. The van der Waals surface area contributed by atoms with Gasteiger partial charge in [0.25, 0.3) is 0 Å². The molecule has 0 spiro atoms. The van der Waals surface area contributed by atoms with Gasteiger partial charge in [-0.25, -0.2) is 39.0 Å². The van der Waals surface area contributed by atoms with Crippen molar-refractivity contribution >= 4 is 36.8 Å². The number of benzene rings is 3. The van der Waals surface area contributed by atoms with E-state index < -0.39 is 0 Å². The molecule has 0 fully saturated rings. The van der Waals surface area contributed by atoms with E-state index in [4.69, 9.17) is 27.6 Å². The quantitative estimate of drug-likeness (QED) is 0.113. The van der Waals surface area contributed by atoms with Gasteiger partial charge >= 0.3 is 0 Å². The molecular formula is C45H42N12O6. The van der Waals surface area contributed by atoms with Gasteiger partial charge in [0, 0.05) is 53.5 Å². The normalized spacial score (nSPS) is 11.1. The molecule has 0 amide bonds. The van der Waals surface area contributed by atoms with Gasteiger partial charge in [-0.1, -0.05) is 5.16 Å². The van der Waals surface area contributed by atoms with Crippen LogP contribution in [0.25, 0.3) is 71.0 Å². The summed E-state index contributed by atoms with van der Waals surface area (Å²) >= 11 is 0. The van der Waals surface area contributed by atoms with E-state index in [9.17, 15) is 0 Å². The first-order valence-electron chi connectivity index (χ1n) is 19.2. The fraction of sp³-hybridized carbons (Fsp3) is 0.133. The lowest BCUT2D eigenvalue weighted by Gasteiger charge is -2.03. The molecular weight excluding hydrogens is 805 g/mol. The van der Waals surface area contributed by atoms with Crippen LogP contribution in [0.3, 0.4) is 0 Å². The van der Waals surface area contributed by atoms with Gasteiger partial charge in [-0.05, 0) is 98.1 Å². The van der Waals surface area contributed by atoms with Crippen molar-refractivity contribution in [2.75, 3.05) is 21.3 Å². The topological polar surface area (TPSA) is 198 Å². The number of aryl methyl sites for hydroxylation is 3. The molecule has 318 valence electrons. The lowest BCUT2D eigenvalue weighted by molar-refractivity contribution is 0.414. The van der Waals surface area contributed by atoms with Gasteiger partial charge in [0.2, 0.25) is 5.89 Å². The molecule has 0 bridgehead atoms. The second kappa shape index (κ2) is 20.5. The Kier molecular flexibility index (Phi) is 13.8. The zero-order valence-corrected chi connectivity index (χ0v) is 35.2. The first-order valence-corrected chi connectivity index (χ1v) is 19.2. The number of oxazole rings is 2. The van der Waals surface area contributed by atoms with Crippen molar-refractivity contribution in [3.05, 3.63) is 145 Å². The molecule has 0 N–H and O–H groups in total. The summed E-state index contributed by atoms with van der Waals surface area (Å²) in [6.07, 6.45) is 23.1. The number of methoxy groups -OCH3 is 3. The highest BCUT2D eigenvalue weighted by Crippen LogP contribution is 2.25. The van der Waals surface area contributed by atoms with E-state index in [0.717, 1.165) is 56.3 Å². The molecule has 9 aromatic rings. The van der Waals surface area contributed by atoms with E-state index >= 15 is 0 Å². The van der Waals surface area contributed by atoms with Crippen LogP contribution in [-0.2, 0) is 0 Å². The van der Waals surface area contributed by atoms with Crippen LogP contribution in [0.2, 0.25) is 0 Å². The third kappa shape index (κ3) is 12.0. The second-order valence-corrected chi connectivity index (χ2v) is 13.5. The van der Waals surface area contributed by atoms with Crippen LogP contribution in [0.4, 0.5) is 0 Å². The zero-order chi connectivity index (χ0) is 44.0. The summed E-state index contributed by atoms with van der Waals surface area (Å²) < 4.78 is 35.6. The molecule has 3 aromatic carbocycles. The highest BCUT2D eigenvalue weighted by atomic mass is 16.5. The molecule has 0 aliphatic carbocycles. The smallest absolute Gasteiger partial charge is 0.220 e. The van der Waals surface area contributed by atoms with Crippen LogP contribution in [0.1, 0.15) is 34.0 Å². The van der Waals surface area contributed by atoms with E-state index in [-0.39, 0.29) is 0 Å². The van der Waals surface area contributed by atoms with Crippen LogP contribution in [0.5, 0.6) is 17.2 Å². The number of ether oxygens (including phenoxy) is 3. The van der Waals surface area contributed by atoms with Crippen molar-refractivity contribution in [2.45, 2.75) is 20.8 Å². The molecule has 0 saturated heterocycles. The predicted octanol–water partition coefficient (Wildman–Crippen LogP) is 8.63. The Morgan fingerprint density at radius 2 is 1.03 bits per heavy atom. The molecule has 18 heteroatoms. The lowest BCUT2D eigenvalue weighted by atomic mass is 10.1. The molecule has 0 radical (unpaired) electrons. The minimum atomic E-state index is 0.518. The van der Waals surface area contributed by atoms with Crippen LogP contribution >= 0.6 is 0 Å². The van der Waals surface area contributed by atoms with E-state index in [1.807, 2.05) is 75.4 Å². The number of rotatable bonds is 12. The Labute approximate surface area is 361 Å². The van der Waals surface area contributed by atoms with Gasteiger partial charge in [-0.3, -0.25) is 0 Å². The third-order valence-corrected chi connectivity index (χ3v) is 8.68. The Hall–Kier alpha value is -8.67. The Balaban J connectivity index is 0.000000142. The predicted molar refractivity (Wildman–Crippen MR) is 235 cm³/mol. The number of nitrogens with zero attached hydrogens (tertiary/aromatic N) is 12. The van der Waals surface area contributed by atoms with E-state index in [1.54, 1.807) is 110 Å². The summed E-state index contributed by atoms with van der Waals surface area (Å²) in [6.45, 7) is 6.02. The van der Waals surface area contributed by atoms with Gasteiger partial charge in [0.15, 0.2) is 23.9 Å². The average Bonchev–Trinajstić information content (AvgIpc) is 4.16. The molecule has 18 nitrogen and oxygen atoms in total. The first-order chi connectivity index (χ1) is 30.7. The first kappa shape index (κ1) is 42.5. The van der Waals surface area contributed by atoms with Crippen molar-refractivity contribution < 1.29 is 27.6 Å². The van der Waals surface area contributed by atoms with Crippen molar-refractivity contribution in [3.63, 3.8) is 0 Å². The van der Waals surface area contributed by atoms with E-state index in [2.05, 4.69) is 45.4 Å². The lowest BCUT2D eigenvalue weighted by Crippen LogP contribution is -1.90. The summed E-state index contributed by atoms with van der Waals surface area (Å²) in [6, 6.07) is 19.4. The maximum Gasteiger partial charge on any atom is 0.220 e. The summed E-state index contributed by atoms with van der Waals surface area (Å²) in [4.78, 5) is 20.7. The van der Waals surface area contributed by atoms with Crippen LogP contribution in [0.15, 0.2) is 124 Å². The summed E-state index contributed by atoms with van der Waals surface area (Å²) in [5, 5.41) is 17.0. The molecule has 9 rings (SSSR count). The number of hydrogen-bond acceptors (Lipinski definition) is 15. The monoisotopic (exact) mass is 846 g/mol. The highest BCUT2D eigenvalue weighted by Gasteiger charge is 2.09. The van der Waals surface area contributed by atoms with Crippen molar-refractivity contribution in [1.82, 2.24) is 59.4 Å². The highest BCUT2D eigenvalue weighted by molar-refractivity contribution is 5.63. The van der Waals surface area contributed by atoms with Crippen LogP contribution < -0.4 is 14.2 Å². The molecule has 0 aliphatic rings. The SMILES string of the molecule is COc1cc(C)cc(-c2ncn(/C=C\c3ccon3)n2)c1.COc1cc(C)cc(-c2ncn(/C=C\c3cnco3)n2)c1.COc1cc(C)cc(-c2ncn(/C=C\c3ncco3)n2)c1. The minimum absolute atomic E-state index is 0.518. The van der Waals surface area contributed by atoms with Gasteiger partial charge in [0.1, 0.15) is 60.2 Å². The standard InChI is InChI=1S/3C15H14N4O2/c1-11-7-12(9-13(8-11)20-2)15-17-10-19(18-15)5-3-14-16-4-6-21-14;1-11-7-12(9-14(8-11)20-2)15-16-10-19(17-15)5-3-13-4-6-21-18-13;1-11-5-12(7-14(6-11)20-2)15-17-9-19(18-15)4-3-13-8-16-10-21-13/h3*3-10H,1-2H3/b2*5-3-;4-3-. The van der Waals surface area contributed by atoms with Gasteiger partial charge in [0.05, 0.1) is 33.7 Å². The van der Waals surface area contributed by atoms with Crippen molar-refractivity contribution in [3.8, 4) is 51.4 Å². The minimum Gasteiger partial charge on any atom is -0.497 e. The van der Waals surface area contributed by atoms with E-state index in [1.165, 1.54) is 18.9 Å². The third-order valence-electron chi connectivity index (χ3n) is 8.68.